The average molecular weight is 367 g/mol. The smallest absolute Gasteiger partial charge is 0.330 e. The Morgan fingerprint density at radius 1 is 1.30 bits per heavy atom. The number of aromatic hydroxyl groups is 1. The third-order valence-corrected chi connectivity index (χ3v) is 4.80. The molecule has 9 nitrogen and oxygen atoms in total. The van der Waals surface area contributed by atoms with Crippen molar-refractivity contribution in [2.24, 2.45) is 12.1 Å². The number of nitrogens with zero attached hydrogens (tertiary/aromatic N) is 3. The van der Waals surface area contributed by atoms with Crippen LogP contribution in [0.1, 0.15) is 30.5 Å². The van der Waals surface area contributed by atoms with Crippen LogP contribution in [0.4, 0.5) is 0 Å². The molecule has 1 aliphatic rings. The maximum Gasteiger partial charge on any atom is 0.330 e. The van der Waals surface area contributed by atoms with Crippen LogP contribution >= 0.6 is 0 Å². The van der Waals surface area contributed by atoms with Crippen molar-refractivity contribution in [1.82, 2.24) is 19.5 Å². The number of aromatic nitrogens is 3. The van der Waals surface area contributed by atoms with E-state index in [1.165, 1.54) is 19.0 Å². The molecule has 4 rings (SSSR count). The Hall–Kier alpha value is -3.62. The van der Waals surface area contributed by atoms with E-state index in [0.29, 0.717) is 0 Å². The molecule has 3 N–H and O–H groups in total. The van der Waals surface area contributed by atoms with E-state index in [0.717, 1.165) is 21.0 Å². The summed E-state index contributed by atoms with van der Waals surface area (Å²) in [5.41, 5.74) is 0.460. The summed E-state index contributed by atoms with van der Waals surface area (Å²) in [6, 6.07) is 7.25. The summed E-state index contributed by atoms with van der Waals surface area (Å²) in [6.45, 7) is 1.39. The van der Waals surface area contributed by atoms with Gasteiger partial charge in [-0.3, -0.25) is 19.1 Å². The second kappa shape index (κ2) is 5.97. The van der Waals surface area contributed by atoms with E-state index in [4.69, 9.17) is 0 Å². The first-order valence-corrected chi connectivity index (χ1v) is 8.34. The third-order valence-electron chi connectivity index (χ3n) is 4.80. The van der Waals surface area contributed by atoms with E-state index in [1.54, 1.807) is 0 Å². The summed E-state index contributed by atoms with van der Waals surface area (Å²) < 4.78 is 0.927. The fraction of sp³-hybridized carbons (Fsp3) is 0.222. The number of carbonyl (C=O) groups excluding carboxylic acids is 1. The molecule has 138 valence electrons. The lowest BCUT2D eigenvalue weighted by Crippen LogP contribution is -2.32. The van der Waals surface area contributed by atoms with Crippen molar-refractivity contribution in [2.45, 2.75) is 19.4 Å². The molecule has 0 bridgehead atoms. The molecule has 1 atom stereocenters. The Morgan fingerprint density at radius 3 is 2.78 bits per heavy atom. The molecular formula is C18H17N5O4. The number of rotatable bonds is 2. The van der Waals surface area contributed by atoms with E-state index in [9.17, 15) is 19.5 Å². The predicted octanol–water partition coefficient (Wildman–Crippen LogP) is 0.958. The number of aromatic amines is 2. The predicted molar refractivity (Wildman–Crippen MR) is 98.7 cm³/mol. The van der Waals surface area contributed by atoms with Gasteiger partial charge in [0.2, 0.25) is 11.8 Å². The normalized spacial score (nSPS) is 16.7. The van der Waals surface area contributed by atoms with Gasteiger partial charge in [0.25, 0.3) is 5.56 Å². The Labute approximate surface area is 152 Å². The monoisotopic (exact) mass is 367 g/mol. The largest absolute Gasteiger partial charge is 0.494 e. The minimum absolute atomic E-state index is 0.106. The standard InChI is InChI=1S/C18H17N5O4/c1-9(24)23-14(11-8-19-12-6-4-3-5-10(11)12)7-13(21-23)15-16(25)20-18(27)22(2)17(15)26/h3-6,8,14,19,26H,7H2,1-2H3,(H,20,25,27). The summed E-state index contributed by atoms with van der Waals surface area (Å²) in [6.07, 6.45) is 2.05. The third kappa shape index (κ3) is 2.55. The molecule has 0 spiro atoms. The number of amides is 1. The highest BCUT2D eigenvalue weighted by atomic mass is 16.3. The van der Waals surface area contributed by atoms with Crippen molar-refractivity contribution in [3.63, 3.8) is 0 Å². The van der Waals surface area contributed by atoms with Gasteiger partial charge in [-0.25, -0.2) is 9.80 Å². The van der Waals surface area contributed by atoms with Crippen LogP contribution in [0.5, 0.6) is 5.88 Å². The summed E-state index contributed by atoms with van der Waals surface area (Å²) in [5, 5.41) is 16.8. The Kier molecular flexibility index (Phi) is 3.72. The maximum atomic E-state index is 12.3. The number of fused-ring (bicyclic) bond motifs is 1. The number of nitrogens with one attached hydrogen (secondary N) is 2. The number of hydrogen-bond acceptors (Lipinski definition) is 5. The minimum atomic E-state index is -0.738. The highest BCUT2D eigenvalue weighted by Gasteiger charge is 2.35. The number of H-pyrrole nitrogens is 2. The quantitative estimate of drug-likeness (QED) is 0.624. The fourth-order valence-electron chi connectivity index (χ4n) is 3.43. The van der Waals surface area contributed by atoms with Crippen molar-refractivity contribution in [2.75, 3.05) is 0 Å². The summed E-state index contributed by atoms with van der Waals surface area (Å²) in [4.78, 5) is 41.4. The topological polar surface area (TPSA) is 124 Å². The lowest BCUT2D eigenvalue weighted by atomic mass is 9.98. The van der Waals surface area contributed by atoms with Crippen molar-refractivity contribution < 1.29 is 9.90 Å². The van der Waals surface area contributed by atoms with Gasteiger partial charge in [0.1, 0.15) is 5.56 Å². The van der Waals surface area contributed by atoms with Crippen LogP contribution in [0.2, 0.25) is 0 Å². The van der Waals surface area contributed by atoms with Gasteiger partial charge in [-0.1, -0.05) is 18.2 Å². The second-order valence-corrected chi connectivity index (χ2v) is 6.44. The van der Waals surface area contributed by atoms with Crippen LogP contribution in [0.15, 0.2) is 45.2 Å². The van der Waals surface area contributed by atoms with Crippen molar-refractivity contribution in [1.29, 1.82) is 0 Å². The zero-order valence-electron chi connectivity index (χ0n) is 14.7. The first-order chi connectivity index (χ1) is 12.9. The number of hydrogen-bond donors (Lipinski definition) is 3. The molecule has 0 fully saturated rings. The molecule has 0 aliphatic carbocycles. The fourth-order valence-corrected chi connectivity index (χ4v) is 3.43. The van der Waals surface area contributed by atoms with Gasteiger partial charge in [0.05, 0.1) is 11.8 Å². The number of hydrazone groups is 1. The van der Waals surface area contributed by atoms with E-state index in [-0.39, 0.29) is 23.6 Å². The van der Waals surface area contributed by atoms with Gasteiger partial charge in [-0.2, -0.15) is 5.10 Å². The molecule has 0 saturated heterocycles. The first-order valence-electron chi connectivity index (χ1n) is 8.34. The van der Waals surface area contributed by atoms with E-state index in [2.05, 4.69) is 15.1 Å². The number of carbonyl (C=O) groups is 1. The van der Waals surface area contributed by atoms with E-state index < -0.39 is 23.2 Å². The van der Waals surface area contributed by atoms with Gasteiger partial charge in [-0.05, 0) is 6.07 Å². The van der Waals surface area contributed by atoms with Gasteiger partial charge in [-0.15, -0.1) is 0 Å². The molecule has 27 heavy (non-hydrogen) atoms. The zero-order chi connectivity index (χ0) is 19.3. The molecule has 3 aromatic rings. The molecule has 2 aromatic heterocycles. The molecule has 1 unspecified atom stereocenters. The molecule has 1 aromatic carbocycles. The highest BCUT2D eigenvalue weighted by molar-refractivity contribution is 6.04. The second-order valence-electron chi connectivity index (χ2n) is 6.44. The average Bonchev–Trinajstić information content (AvgIpc) is 3.24. The van der Waals surface area contributed by atoms with Crippen molar-refractivity contribution in [3.8, 4) is 5.88 Å². The van der Waals surface area contributed by atoms with Crippen LogP contribution < -0.4 is 11.2 Å². The Morgan fingerprint density at radius 2 is 2.04 bits per heavy atom. The number of para-hydroxylation sites is 1. The van der Waals surface area contributed by atoms with Gasteiger partial charge < -0.3 is 10.1 Å². The van der Waals surface area contributed by atoms with Crippen LogP contribution in [-0.2, 0) is 11.8 Å². The molecular weight excluding hydrogens is 350 g/mol. The lowest BCUT2D eigenvalue weighted by Gasteiger charge is -2.19. The van der Waals surface area contributed by atoms with Gasteiger partial charge >= 0.3 is 5.69 Å². The SMILES string of the molecule is CC(=O)N1N=C(c2c(O)n(C)c(=O)[nH]c2=O)CC1c1c[nH]c2ccccc12. The molecule has 9 heteroatoms. The highest BCUT2D eigenvalue weighted by Crippen LogP contribution is 2.36. The van der Waals surface area contributed by atoms with E-state index in [1.807, 2.05) is 30.5 Å². The van der Waals surface area contributed by atoms with Crippen molar-refractivity contribution >= 4 is 22.5 Å². The number of benzene rings is 1. The molecule has 0 radical (unpaired) electrons. The van der Waals surface area contributed by atoms with Crippen molar-refractivity contribution in [3.05, 3.63) is 62.4 Å². The summed E-state index contributed by atoms with van der Waals surface area (Å²) in [5.74, 6) is -0.772. The first kappa shape index (κ1) is 16.8. The Balaban J connectivity index is 1.84. The van der Waals surface area contributed by atoms with Crippen LogP contribution in [-0.4, -0.2) is 36.3 Å². The molecule has 1 aliphatic heterocycles. The Bertz CT molecular complexity index is 1220. The molecule has 3 heterocycles. The van der Waals surface area contributed by atoms with Gasteiger partial charge in [0.15, 0.2) is 0 Å². The zero-order valence-corrected chi connectivity index (χ0v) is 14.7. The van der Waals surface area contributed by atoms with Gasteiger partial charge in [0, 0.05) is 43.1 Å². The van der Waals surface area contributed by atoms with Crippen LogP contribution in [0.3, 0.4) is 0 Å². The maximum absolute atomic E-state index is 12.3. The summed E-state index contributed by atoms with van der Waals surface area (Å²) in [7, 11) is 1.34. The van der Waals surface area contributed by atoms with E-state index >= 15 is 0 Å². The summed E-state index contributed by atoms with van der Waals surface area (Å²) >= 11 is 0. The van der Waals surface area contributed by atoms with Crippen LogP contribution in [0, 0.1) is 0 Å². The minimum Gasteiger partial charge on any atom is -0.494 e. The molecule has 0 saturated carbocycles. The molecule has 1 amide bonds. The lowest BCUT2D eigenvalue weighted by molar-refractivity contribution is -0.130. The van der Waals surface area contributed by atoms with Crippen LogP contribution in [0.25, 0.3) is 10.9 Å².